The molecule has 1 saturated carbocycles. The summed E-state index contributed by atoms with van der Waals surface area (Å²) in [7, 11) is 0. The van der Waals surface area contributed by atoms with Crippen LogP contribution in [0, 0.1) is 6.92 Å². The topological polar surface area (TPSA) is 105 Å². The second-order valence-corrected chi connectivity index (χ2v) is 7.84. The highest BCUT2D eigenvalue weighted by Crippen LogP contribution is 2.38. The van der Waals surface area contributed by atoms with E-state index in [1.165, 1.54) is 6.07 Å². The van der Waals surface area contributed by atoms with Crippen molar-refractivity contribution in [3.8, 4) is 0 Å². The molecule has 1 heterocycles. The molecule has 8 nitrogen and oxygen atoms in total. The van der Waals surface area contributed by atoms with Gasteiger partial charge in [0.25, 0.3) is 0 Å². The van der Waals surface area contributed by atoms with Crippen LogP contribution in [0.15, 0.2) is 16.1 Å². The minimum Gasteiger partial charge on any atom is -0.477 e. The Balaban J connectivity index is 2.41. The smallest absolute Gasteiger partial charge is 0.407 e. The van der Waals surface area contributed by atoms with Gasteiger partial charge in [-0.3, -0.25) is 0 Å². The van der Waals surface area contributed by atoms with Crippen molar-refractivity contribution in [3.63, 3.8) is 0 Å². The SMILES string of the molecule is C=NC(Cl)=Nc1c(C)cc(C(=O)O)n1[C@H]1CCC[C@@H]1NC(=O)OC(C)(C)C. The van der Waals surface area contributed by atoms with E-state index >= 15 is 0 Å². The van der Waals surface area contributed by atoms with Crippen LogP contribution in [-0.4, -0.2) is 45.4 Å². The number of ether oxygens (including phenoxy) is 1. The number of rotatable bonds is 4. The maximum Gasteiger partial charge on any atom is 0.407 e. The predicted molar refractivity (Wildman–Crippen MR) is 105 cm³/mol. The van der Waals surface area contributed by atoms with E-state index in [0.717, 1.165) is 6.42 Å². The fourth-order valence-electron chi connectivity index (χ4n) is 3.29. The highest BCUT2D eigenvalue weighted by atomic mass is 35.5. The summed E-state index contributed by atoms with van der Waals surface area (Å²) >= 11 is 5.90. The number of halogens is 1. The molecule has 0 bridgehead atoms. The zero-order chi connectivity index (χ0) is 20.4. The van der Waals surface area contributed by atoms with E-state index in [1.807, 2.05) is 0 Å². The molecule has 27 heavy (non-hydrogen) atoms. The molecular weight excluding hydrogens is 372 g/mol. The molecule has 1 aromatic heterocycles. The molecule has 9 heteroatoms. The summed E-state index contributed by atoms with van der Waals surface area (Å²) in [6, 6.07) is 0.969. The van der Waals surface area contributed by atoms with Crippen molar-refractivity contribution in [1.29, 1.82) is 0 Å². The van der Waals surface area contributed by atoms with Crippen LogP contribution in [0.2, 0.25) is 0 Å². The first-order valence-electron chi connectivity index (χ1n) is 8.69. The van der Waals surface area contributed by atoms with Crippen molar-refractivity contribution in [3.05, 3.63) is 17.3 Å². The second kappa shape index (κ2) is 8.12. The monoisotopic (exact) mass is 396 g/mol. The number of aromatic carboxylic acids is 1. The van der Waals surface area contributed by atoms with Crippen LogP contribution >= 0.6 is 11.6 Å². The van der Waals surface area contributed by atoms with Crippen LogP contribution in [0.3, 0.4) is 0 Å². The Morgan fingerprint density at radius 2 is 2.07 bits per heavy atom. The standard InChI is InChI=1S/C18H25ClN4O4/c1-10-9-13(15(24)25)23(14(10)22-16(19)20-5)12-8-6-7-11(12)21-17(26)27-18(2,3)4/h9,11-12H,5-8H2,1-4H3,(H,21,26)(H,24,25)/t11-,12-/m0/s1. The predicted octanol–water partition coefficient (Wildman–Crippen LogP) is 4.04. The van der Waals surface area contributed by atoms with Gasteiger partial charge in [0.1, 0.15) is 17.1 Å². The quantitative estimate of drug-likeness (QED) is 0.455. The fraction of sp³-hybridized carbons (Fsp3) is 0.556. The maximum atomic E-state index is 12.2. The zero-order valence-corrected chi connectivity index (χ0v) is 16.7. The number of nitrogens with one attached hydrogen (secondary N) is 1. The summed E-state index contributed by atoms with van der Waals surface area (Å²) in [6.07, 6.45) is 1.70. The third kappa shape index (κ3) is 5.09. The average Bonchev–Trinajstić information content (AvgIpc) is 3.10. The van der Waals surface area contributed by atoms with Gasteiger partial charge in [-0.05, 0) is 76.9 Å². The van der Waals surface area contributed by atoms with Crippen LogP contribution in [0.1, 0.15) is 62.1 Å². The van der Waals surface area contributed by atoms with E-state index < -0.39 is 17.7 Å². The third-order valence-corrected chi connectivity index (χ3v) is 4.46. The number of carboxylic acid groups (broad SMARTS) is 1. The van der Waals surface area contributed by atoms with Crippen molar-refractivity contribution in [1.82, 2.24) is 9.88 Å². The Morgan fingerprint density at radius 3 is 2.63 bits per heavy atom. The summed E-state index contributed by atoms with van der Waals surface area (Å²) in [5.74, 6) is -0.683. The molecule has 1 aliphatic carbocycles. The van der Waals surface area contributed by atoms with Gasteiger partial charge >= 0.3 is 12.1 Å². The summed E-state index contributed by atoms with van der Waals surface area (Å²) in [5.41, 5.74) is 0.118. The maximum absolute atomic E-state index is 12.2. The zero-order valence-electron chi connectivity index (χ0n) is 16.0. The summed E-state index contributed by atoms with van der Waals surface area (Å²) in [6.45, 7) is 10.4. The lowest BCUT2D eigenvalue weighted by atomic mass is 10.1. The van der Waals surface area contributed by atoms with Gasteiger partial charge in [-0.15, -0.1) is 0 Å². The number of carbonyl (C=O) groups is 2. The lowest BCUT2D eigenvalue weighted by Gasteiger charge is -2.27. The van der Waals surface area contributed by atoms with Gasteiger partial charge < -0.3 is 19.7 Å². The summed E-state index contributed by atoms with van der Waals surface area (Å²) in [4.78, 5) is 31.7. The number of amides is 1. The Bertz CT molecular complexity index is 779. The van der Waals surface area contributed by atoms with Gasteiger partial charge in [-0.25, -0.2) is 19.6 Å². The lowest BCUT2D eigenvalue weighted by molar-refractivity contribution is 0.0494. The first-order chi connectivity index (χ1) is 12.5. The van der Waals surface area contributed by atoms with Gasteiger partial charge in [-0.2, -0.15) is 0 Å². The molecule has 0 spiro atoms. The third-order valence-electron chi connectivity index (χ3n) is 4.25. The minimum atomic E-state index is -1.08. The van der Waals surface area contributed by atoms with Crippen LogP contribution in [0.5, 0.6) is 0 Å². The molecule has 1 fully saturated rings. The average molecular weight is 397 g/mol. The first-order valence-corrected chi connectivity index (χ1v) is 9.07. The van der Waals surface area contributed by atoms with Gasteiger partial charge in [0.15, 0.2) is 0 Å². The summed E-state index contributed by atoms with van der Waals surface area (Å²) in [5, 5.41) is 12.4. The van der Waals surface area contributed by atoms with E-state index in [9.17, 15) is 14.7 Å². The highest BCUT2D eigenvalue weighted by Gasteiger charge is 2.35. The summed E-state index contributed by atoms with van der Waals surface area (Å²) < 4.78 is 6.94. The molecule has 148 valence electrons. The lowest BCUT2D eigenvalue weighted by Crippen LogP contribution is -2.41. The Kier molecular flexibility index (Phi) is 6.30. The van der Waals surface area contributed by atoms with Crippen molar-refractivity contribution in [2.24, 2.45) is 9.98 Å². The number of hydrogen-bond donors (Lipinski definition) is 2. The number of nitrogens with zero attached hydrogens (tertiary/aromatic N) is 3. The van der Waals surface area contributed by atoms with E-state index in [1.54, 1.807) is 32.3 Å². The normalized spacial score (nSPS) is 20.4. The molecular formula is C18H25ClN4O4. The van der Waals surface area contributed by atoms with Crippen molar-refractivity contribution < 1.29 is 19.4 Å². The molecule has 0 aromatic carbocycles. The van der Waals surface area contributed by atoms with Gasteiger partial charge in [0.2, 0.25) is 5.29 Å². The molecule has 2 N–H and O–H groups in total. The fourth-order valence-corrected chi connectivity index (χ4v) is 3.37. The molecule has 0 aliphatic heterocycles. The first kappa shape index (κ1) is 21.0. The number of aryl methyl sites for hydroxylation is 1. The van der Waals surface area contributed by atoms with Crippen LogP contribution in [0.4, 0.5) is 10.6 Å². The van der Waals surface area contributed by atoms with Crippen LogP contribution in [0.25, 0.3) is 0 Å². The number of aliphatic imine (C=N–C) groups is 2. The number of amidine groups is 1. The van der Waals surface area contributed by atoms with Gasteiger partial charge in [0.05, 0.1) is 12.1 Å². The van der Waals surface area contributed by atoms with E-state index in [0.29, 0.717) is 24.2 Å². The largest absolute Gasteiger partial charge is 0.477 e. The number of carboxylic acids is 1. The number of carbonyl (C=O) groups excluding carboxylic acids is 1. The van der Waals surface area contributed by atoms with E-state index in [2.05, 4.69) is 22.0 Å². The molecule has 1 aliphatic rings. The molecule has 2 rings (SSSR count). The molecule has 0 saturated heterocycles. The van der Waals surface area contributed by atoms with E-state index in [-0.39, 0.29) is 23.1 Å². The number of hydrogen-bond acceptors (Lipinski definition) is 4. The van der Waals surface area contributed by atoms with Crippen molar-refractivity contribution in [2.45, 2.75) is 64.6 Å². The molecule has 1 aromatic rings. The van der Waals surface area contributed by atoms with E-state index in [4.69, 9.17) is 16.3 Å². The van der Waals surface area contributed by atoms with Crippen LogP contribution < -0.4 is 5.32 Å². The molecule has 1 amide bonds. The van der Waals surface area contributed by atoms with Gasteiger partial charge in [-0.1, -0.05) is 0 Å². The molecule has 2 atom stereocenters. The van der Waals surface area contributed by atoms with Crippen molar-refractivity contribution in [2.75, 3.05) is 0 Å². The Hall–Kier alpha value is -2.35. The Labute approximate surface area is 163 Å². The van der Waals surface area contributed by atoms with Gasteiger partial charge in [0, 0.05) is 0 Å². The second-order valence-electron chi connectivity index (χ2n) is 7.50. The molecule has 0 unspecified atom stereocenters. The number of alkyl carbamates (subject to hydrolysis) is 1. The Morgan fingerprint density at radius 1 is 1.41 bits per heavy atom. The minimum absolute atomic E-state index is 0.0796. The molecule has 0 radical (unpaired) electrons. The number of aromatic nitrogens is 1. The highest BCUT2D eigenvalue weighted by molar-refractivity contribution is 6.65. The van der Waals surface area contributed by atoms with Crippen LogP contribution in [-0.2, 0) is 4.74 Å². The van der Waals surface area contributed by atoms with Crippen molar-refractivity contribution >= 4 is 41.5 Å².